The molecule has 2 rings (SSSR count). The van der Waals surface area contributed by atoms with Gasteiger partial charge in [-0.1, -0.05) is 6.07 Å². The third kappa shape index (κ3) is 3.14. The minimum absolute atomic E-state index is 0.888. The zero-order valence-corrected chi connectivity index (χ0v) is 14.2. The lowest BCUT2D eigenvalue weighted by atomic mass is 10.2. The molecular formula is C16H21IN2. The highest BCUT2D eigenvalue weighted by molar-refractivity contribution is 14.1. The van der Waals surface area contributed by atoms with Gasteiger partial charge in [0.25, 0.3) is 0 Å². The maximum atomic E-state index is 3.52. The minimum Gasteiger partial charge on any atom is -0.381 e. The van der Waals surface area contributed by atoms with Crippen molar-refractivity contribution in [3.63, 3.8) is 0 Å². The summed E-state index contributed by atoms with van der Waals surface area (Å²) in [5.41, 5.74) is 6.62. The van der Waals surface area contributed by atoms with Gasteiger partial charge in [0.15, 0.2) is 0 Å². The summed E-state index contributed by atoms with van der Waals surface area (Å²) in [6, 6.07) is 8.80. The molecule has 1 N–H and O–H groups in total. The molecule has 0 atom stereocenters. The van der Waals surface area contributed by atoms with E-state index in [4.69, 9.17) is 0 Å². The number of benzene rings is 1. The van der Waals surface area contributed by atoms with Crippen molar-refractivity contribution in [2.24, 2.45) is 0 Å². The number of aryl methyl sites for hydroxylation is 2. The van der Waals surface area contributed by atoms with Crippen LogP contribution in [0.15, 0.2) is 24.3 Å². The van der Waals surface area contributed by atoms with Gasteiger partial charge in [0.05, 0.1) is 0 Å². The van der Waals surface area contributed by atoms with Crippen molar-refractivity contribution >= 4 is 28.3 Å². The molecule has 1 aromatic carbocycles. The van der Waals surface area contributed by atoms with Gasteiger partial charge in [-0.3, -0.25) is 0 Å². The van der Waals surface area contributed by atoms with Crippen molar-refractivity contribution in [1.82, 2.24) is 4.57 Å². The van der Waals surface area contributed by atoms with E-state index < -0.39 is 0 Å². The first-order valence-corrected chi connectivity index (χ1v) is 7.76. The van der Waals surface area contributed by atoms with Crippen LogP contribution >= 0.6 is 22.6 Å². The second kappa shape index (κ2) is 5.99. The van der Waals surface area contributed by atoms with Crippen LogP contribution in [0, 0.1) is 24.3 Å². The number of nitrogens with one attached hydrogen (secondary N) is 1. The highest BCUT2D eigenvalue weighted by Gasteiger charge is 2.07. The van der Waals surface area contributed by atoms with Crippen molar-refractivity contribution < 1.29 is 0 Å². The molecule has 0 aliphatic heterocycles. The van der Waals surface area contributed by atoms with Crippen LogP contribution in [0.3, 0.4) is 0 Å². The van der Waals surface area contributed by atoms with Crippen molar-refractivity contribution in [3.05, 3.63) is 50.4 Å². The van der Waals surface area contributed by atoms with Gasteiger partial charge in [0.2, 0.25) is 0 Å². The van der Waals surface area contributed by atoms with Gasteiger partial charge in [-0.2, -0.15) is 0 Å². The molecule has 0 aliphatic rings. The number of rotatable bonds is 4. The molecule has 0 radical (unpaired) electrons. The lowest BCUT2D eigenvalue weighted by Crippen LogP contribution is -2.03. The Balaban J connectivity index is 2.12. The molecule has 0 amide bonds. The van der Waals surface area contributed by atoms with Crippen LogP contribution in [0.5, 0.6) is 0 Å². The van der Waals surface area contributed by atoms with Crippen LogP contribution in [0.4, 0.5) is 5.69 Å². The standard InChI is InChI=1S/C16H21IN2/c1-5-19-12(3)8-14(13(19)4)10-18-15-7-6-11(2)16(17)9-15/h6-9,18H,5,10H2,1-4H3. The van der Waals surface area contributed by atoms with Crippen LogP contribution in [0.25, 0.3) is 0 Å². The number of nitrogens with zero attached hydrogens (tertiary/aromatic N) is 1. The number of anilines is 1. The first-order valence-electron chi connectivity index (χ1n) is 6.68. The third-order valence-electron chi connectivity index (χ3n) is 3.65. The Kier molecular flexibility index (Phi) is 4.55. The molecule has 1 heterocycles. The summed E-state index contributed by atoms with van der Waals surface area (Å²) in [5.74, 6) is 0. The Morgan fingerprint density at radius 2 is 1.89 bits per heavy atom. The van der Waals surface area contributed by atoms with Gasteiger partial charge in [-0.25, -0.2) is 0 Å². The van der Waals surface area contributed by atoms with Crippen molar-refractivity contribution in [2.75, 3.05) is 5.32 Å². The second-order valence-electron chi connectivity index (χ2n) is 4.96. The smallest absolute Gasteiger partial charge is 0.0418 e. The number of hydrogen-bond acceptors (Lipinski definition) is 1. The summed E-state index contributed by atoms with van der Waals surface area (Å²) >= 11 is 2.38. The van der Waals surface area contributed by atoms with E-state index in [2.05, 4.69) is 84.4 Å². The molecule has 0 unspecified atom stereocenters. The second-order valence-corrected chi connectivity index (χ2v) is 6.12. The van der Waals surface area contributed by atoms with Crippen LogP contribution < -0.4 is 5.32 Å². The molecule has 0 aliphatic carbocycles. The summed E-state index contributed by atoms with van der Waals surface area (Å²) in [6.45, 7) is 10.6. The molecular weight excluding hydrogens is 347 g/mol. The molecule has 0 saturated carbocycles. The molecule has 0 saturated heterocycles. The topological polar surface area (TPSA) is 17.0 Å². The third-order valence-corrected chi connectivity index (χ3v) is 4.81. The highest BCUT2D eigenvalue weighted by atomic mass is 127. The molecule has 0 bridgehead atoms. The monoisotopic (exact) mass is 368 g/mol. The normalized spacial score (nSPS) is 10.8. The summed E-state index contributed by atoms with van der Waals surface area (Å²) in [6.07, 6.45) is 0. The van der Waals surface area contributed by atoms with E-state index in [1.54, 1.807) is 0 Å². The maximum absolute atomic E-state index is 3.52. The SMILES string of the molecule is CCn1c(C)cc(CNc2ccc(C)c(I)c2)c1C. The quantitative estimate of drug-likeness (QED) is 0.778. The van der Waals surface area contributed by atoms with E-state index in [0.29, 0.717) is 0 Å². The van der Waals surface area contributed by atoms with E-state index in [9.17, 15) is 0 Å². The molecule has 3 heteroatoms. The molecule has 1 aromatic heterocycles. The Morgan fingerprint density at radius 3 is 2.47 bits per heavy atom. The Bertz CT molecular complexity index is 585. The number of aromatic nitrogens is 1. The molecule has 102 valence electrons. The van der Waals surface area contributed by atoms with Gasteiger partial charge in [0.1, 0.15) is 0 Å². The fourth-order valence-electron chi connectivity index (χ4n) is 2.44. The van der Waals surface area contributed by atoms with Gasteiger partial charge in [-0.15, -0.1) is 0 Å². The summed E-state index contributed by atoms with van der Waals surface area (Å²) in [4.78, 5) is 0. The highest BCUT2D eigenvalue weighted by Crippen LogP contribution is 2.20. The van der Waals surface area contributed by atoms with Crippen molar-refractivity contribution in [2.45, 2.75) is 40.8 Å². The number of hydrogen-bond donors (Lipinski definition) is 1. The molecule has 2 nitrogen and oxygen atoms in total. The fourth-order valence-corrected chi connectivity index (χ4v) is 2.95. The largest absolute Gasteiger partial charge is 0.381 e. The first kappa shape index (κ1) is 14.4. The Hall–Kier alpha value is -0.970. The molecule has 2 aromatic rings. The predicted molar refractivity (Wildman–Crippen MR) is 90.8 cm³/mol. The zero-order chi connectivity index (χ0) is 14.0. The molecule has 0 fully saturated rings. The lowest BCUT2D eigenvalue weighted by Gasteiger charge is -2.09. The van der Waals surface area contributed by atoms with Crippen molar-refractivity contribution in [3.8, 4) is 0 Å². The van der Waals surface area contributed by atoms with E-state index in [0.717, 1.165) is 13.1 Å². The first-order chi connectivity index (χ1) is 9.02. The zero-order valence-electron chi connectivity index (χ0n) is 12.0. The van der Waals surface area contributed by atoms with Gasteiger partial charge >= 0.3 is 0 Å². The van der Waals surface area contributed by atoms with Crippen LogP contribution in [-0.2, 0) is 13.1 Å². The minimum atomic E-state index is 0.888. The van der Waals surface area contributed by atoms with E-state index >= 15 is 0 Å². The van der Waals surface area contributed by atoms with E-state index in [1.807, 2.05) is 0 Å². The predicted octanol–water partition coefficient (Wildman–Crippen LogP) is 4.65. The maximum Gasteiger partial charge on any atom is 0.0418 e. The molecule has 19 heavy (non-hydrogen) atoms. The Morgan fingerprint density at radius 1 is 1.16 bits per heavy atom. The Labute approximate surface area is 129 Å². The summed E-state index contributed by atoms with van der Waals surface area (Å²) in [7, 11) is 0. The van der Waals surface area contributed by atoms with Gasteiger partial charge in [-0.05, 0) is 79.6 Å². The number of halogens is 1. The van der Waals surface area contributed by atoms with E-state index in [1.165, 1.54) is 31.8 Å². The fraction of sp³-hybridized carbons (Fsp3) is 0.375. The average molecular weight is 368 g/mol. The lowest BCUT2D eigenvalue weighted by molar-refractivity contribution is 0.715. The van der Waals surface area contributed by atoms with Gasteiger partial charge in [0, 0.05) is 33.7 Å². The molecule has 0 spiro atoms. The van der Waals surface area contributed by atoms with Crippen LogP contribution in [0.1, 0.15) is 29.4 Å². The van der Waals surface area contributed by atoms with Crippen LogP contribution in [0.2, 0.25) is 0 Å². The van der Waals surface area contributed by atoms with E-state index in [-0.39, 0.29) is 0 Å². The average Bonchev–Trinajstić information content (AvgIpc) is 2.65. The van der Waals surface area contributed by atoms with Crippen molar-refractivity contribution in [1.29, 1.82) is 0 Å². The summed E-state index contributed by atoms with van der Waals surface area (Å²) in [5, 5.41) is 3.52. The van der Waals surface area contributed by atoms with Gasteiger partial charge < -0.3 is 9.88 Å². The summed E-state index contributed by atoms with van der Waals surface area (Å²) < 4.78 is 3.66. The van der Waals surface area contributed by atoms with Crippen LogP contribution in [-0.4, -0.2) is 4.57 Å².